The van der Waals surface area contributed by atoms with E-state index in [9.17, 15) is 13.2 Å². The van der Waals surface area contributed by atoms with Crippen LogP contribution in [0.1, 0.15) is 52.1 Å². The average Bonchev–Trinajstić information content (AvgIpc) is 2.37. The minimum absolute atomic E-state index is 0.135. The quantitative estimate of drug-likeness (QED) is 0.771. The molecular formula is C16H26N2O3S. The van der Waals surface area contributed by atoms with E-state index >= 15 is 0 Å². The van der Waals surface area contributed by atoms with E-state index in [1.54, 1.807) is 25.1 Å². The van der Waals surface area contributed by atoms with Gasteiger partial charge in [0.2, 0.25) is 15.9 Å². The van der Waals surface area contributed by atoms with Crippen molar-refractivity contribution in [2.24, 2.45) is 5.92 Å². The summed E-state index contributed by atoms with van der Waals surface area (Å²) in [6.45, 7) is 7.24. The van der Waals surface area contributed by atoms with E-state index in [1.807, 2.05) is 19.9 Å². The molecule has 22 heavy (non-hydrogen) atoms. The van der Waals surface area contributed by atoms with Gasteiger partial charge in [-0.25, -0.2) is 13.1 Å². The Morgan fingerprint density at radius 1 is 1.27 bits per heavy atom. The van der Waals surface area contributed by atoms with Crippen molar-refractivity contribution < 1.29 is 13.2 Å². The smallest absolute Gasteiger partial charge is 0.221 e. The maximum Gasteiger partial charge on any atom is 0.221 e. The molecule has 0 unspecified atom stereocenters. The van der Waals surface area contributed by atoms with E-state index in [1.165, 1.54) is 6.92 Å². The lowest BCUT2D eigenvalue weighted by Crippen LogP contribution is -2.31. The molecule has 124 valence electrons. The number of sulfonamides is 1. The van der Waals surface area contributed by atoms with Crippen LogP contribution in [0.3, 0.4) is 0 Å². The van der Waals surface area contributed by atoms with Gasteiger partial charge in [-0.15, -0.1) is 0 Å². The van der Waals surface area contributed by atoms with Crippen molar-refractivity contribution >= 4 is 21.6 Å². The van der Waals surface area contributed by atoms with Crippen LogP contribution in [0.5, 0.6) is 0 Å². The predicted molar refractivity (Wildman–Crippen MR) is 90.2 cm³/mol. The second-order valence-corrected chi connectivity index (χ2v) is 7.62. The highest BCUT2D eigenvalue weighted by molar-refractivity contribution is 7.89. The van der Waals surface area contributed by atoms with E-state index in [4.69, 9.17) is 0 Å². The summed E-state index contributed by atoms with van der Waals surface area (Å²) in [5, 5.41) is 2.70. The van der Waals surface area contributed by atoms with E-state index in [0.717, 1.165) is 18.4 Å². The maximum atomic E-state index is 12.2. The second kappa shape index (κ2) is 8.29. The number of carbonyl (C=O) groups is 1. The summed E-state index contributed by atoms with van der Waals surface area (Å²) in [7, 11) is -3.32. The standard InChI is InChI=1S/C16H26N2O3S/c1-5-7-12(2)11-22(20,21)18-13(3)15-8-6-9-16(10-15)17-14(4)19/h6,8-10,12-13,18H,5,7,11H2,1-4H3,(H,17,19)/t12-,13-/m1/s1. The molecule has 0 saturated heterocycles. The van der Waals surface area contributed by atoms with Crippen molar-refractivity contribution in [2.45, 2.75) is 46.6 Å². The minimum atomic E-state index is -3.32. The minimum Gasteiger partial charge on any atom is -0.326 e. The molecule has 5 nitrogen and oxygen atoms in total. The number of hydrogen-bond donors (Lipinski definition) is 2. The molecule has 2 atom stereocenters. The molecule has 1 aromatic rings. The molecule has 0 aliphatic heterocycles. The molecule has 0 spiro atoms. The van der Waals surface area contributed by atoms with Gasteiger partial charge in [-0.1, -0.05) is 32.4 Å². The summed E-state index contributed by atoms with van der Waals surface area (Å²) in [4.78, 5) is 11.1. The molecular weight excluding hydrogens is 300 g/mol. The van der Waals surface area contributed by atoms with Crippen molar-refractivity contribution in [3.05, 3.63) is 29.8 Å². The van der Waals surface area contributed by atoms with Gasteiger partial charge in [-0.2, -0.15) is 0 Å². The van der Waals surface area contributed by atoms with Gasteiger partial charge in [-0.3, -0.25) is 4.79 Å². The van der Waals surface area contributed by atoms with Gasteiger partial charge >= 0.3 is 0 Å². The Labute approximate surface area is 133 Å². The molecule has 0 aromatic heterocycles. The first-order chi connectivity index (χ1) is 10.2. The first-order valence-electron chi connectivity index (χ1n) is 7.61. The Balaban J connectivity index is 2.75. The van der Waals surface area contributed by atoms with Crippen LogP contribution < -0.4 is 10.0 Å². The number of nitrogens with one attached hydrogen (secondary N) is 2. The molecule has 0 radical (unpaired) electrons. The zero-order valence-corrected chi connectivity index (χ0v) is 14.5. The SMILES string of the molecule is CCC[C@@H](C)CS(=O)(=O)N[C@H](C)c1cccc(NC(C)=O)c1. The van der Waals surface area contributed by atoms with Crippen LogP contribution >= 0.6 is 0 Å². The zero-order chi connectivity index (χ0) is 16.8. The monoisotopic (exact) mass is 326 g/mol. The molecule has 1 rings (SSSR count). The first kappa shape index (κ1) is 18.6. The lowest BCUT2D eigenvalue weighted by atomic mass is 10.1. The van der Waals surface area contributed by atoms with Gasteiger partial charge < -0.3 is 5.32 Å². The molecule has 0 bridgehead atoms. The largest absolute Gasteiger partial charge is 0.326 e. The zero-order valence-electron chi connectivity index (χ0n) is 13.7. The average molecular weight is 326 g/mol. The van der Waals surface area contributed by atoms with E-state index in [0.29, 0.717) is 5.69 Å². The number of rotatable bonds is 8. The number of anilines is 1. The third-order valence-electron chi connectivity index (χ3n) is 3.35. The summed E-state index contributed by atoms with van der Waals surface area (Å²) in [6, 6.07) is 6.85. The Bertz CT molecular complexity index is 599. The van der Waals surface area contributed by atoms with Gasteiger partial charge in [0.05, 0.1) is 5.75 Å². The topological polar surface area (TPSA) is 75.3 Å². The molecule has 1 aromatic carbocycles. The Morgan fingerprint density at radius 2 is 1.95 bits per heavy atom. The number of carbonyl (C=O) groups excluding carboxylic acids is 1. The fourth-order valence-electron chi connectivity index (χ4n) is 2.43. The molecule has 0 saturated carbocycles. The first-order valence-corrected chi connectivity index (χ1v) is 9.26. The van der Waals surface area contributed by atoms with Crippen LogP contribution in [-0.2, 0) is 14.8 Å². The fourth-order valence-corrected chi connectivity index (χ4v) is 4.11. The van der Waals surface area contributed by atoms with Crippen LogP contribution in [0.2, 0.25) is 0 Å². The van der Waals surface area contributed by atoms with Crippen LogP contribution in [0.4, 0.5) is 5.69 Å². The normalized spacial score (nSPS) is 14.4. The number of amides is 1. The molecule has 2 N–H and O–H groups in total. The lowest BCUT2D eigenvalue weighted by molar-refractivity contribution is -0.114. The molecule has 6 heteroatoms. The molecule has 1 amide bonds. The fraction of sp³-hybridized carbons (Fsp3) is 0.562. The van der Waals surface area contributed by atoms with Gasteiger partial charge in [-0.05, 0) is 37.0 Å². The van der Waals surface area contributed by atoms with E-state index in [2.05, 4.69) is 10.0 Å². The van der Waals surface area contributed by atoms with Gasteiger partial charge in [0.15, 0.2) is 0 Å². The van der Waals surface area contributed by atoms with Gasteiger partial charge in [0.25, 0.3) is 0 Å². The Morgan fingerprint density at radius 3 is 2.55 bits per heavy atom. The second-order valence-electron chi connectivity index (χ2n) is 5.82. The highest BCUT2D eigenvalue weighted by Gasteiger charge is 2.19. The summed E-state index contributed by atoms with van der Waals surface area (Å²) in [5.74, 6) is 0.121. The van der Waals surface area contributed by atoms with Crippen LogP contribution in [-0.4, -0.2) is 20.1 Å². The van der Waals surface area contributed by atoms with Gasteiger partial charge in [0.1, 0.15) is 0 Å². The van der Waals surface area contributed by atoms with Crippen molar-refractivity contribution in [3.8, 4) is 0 Å². The Hall–Kier alpha value is -1.40. The van der Waals surface area contributed by atoms with E-state index in [-0.39, 0.29) is 23.6 Å². The summed E-state index contributed by atoms with van der Waals surface area (Å²) in [6.07, 6.45) is 1.87. The Kier molecular flexibility index (Phi) is 7.03. The van der Waals surface area contributed by atoms with Crippen molar-refractivity contribution in [1.29, 1.82) is 0 Å². The van der Waals surface area contributed by atoms with Crippen LogP contribution in [0.15, 0.2) is 24.3 Å². The summed E-state index contributed by atoms with van der Waals surface area (Å²) in [5.41, 5.74) is 1.48. The molecule has 0 heterocycles. The van der Waals surface area contributed by atoms with Crippen molar-refractivity contribution in [1.82, 2.24) is 4.72 Å². The molecule has 0 aliphatic rings. The lowest BCUT2D eigenvalue weighted by Gasteiger charge is -2.17. The summed E-state index contributed by atoms with van der Waals surface area (Å²) >= 11 is 0. The molecule has 0 aliphatic carbocycles. The van der Waals surface area contributed by atoms with Crippen LogP contribution in [0.25, 0.3) is 0 Å². The highest BCUT2D eigenvalue weighted by Crippen LogP contribution is 2.19. The van der Waals surface area contributed by atoms with Crippen molar-refractivity contribution in [3.63, 3.8) is 0 Å². The highest BCUT2D eigenvalue weighted by atomic mass is 32.2. The number of benzene rings is 1. The van der Waals surface area contributed by atoms with Crippen molar-refractivity contribution in [2.75, 3.05) is 11.1 Å². The third-order valence-corrected chi connectivity index (χ3v) is 5.07. The molecule has 0 fully saturated rings. The van der Waals surface area contributed by atoms with Crippen LogP contribution in [0, 0.1) is 5.92 Å². The summed E-state index contributed by atoms with van der Waals surface area (Å²) < 4.78 is 27.1. The van der Waals surface area contributed by atoms with E-state index < -0.39 is 10.0 Å². The maximum absolute atomic E-state index is 12.2. The number of hydrogen-bond acceptors (Lipinski definition) is 3. The van der Waals surface area contributed by atoms with Gasteiger partial charge in [0, 0.05) is 18.7 Å². The predicted octanol–water partition coefficient (Wildman–Crippen LogP) is 3.06. The third kappa shape index (κ3) is 6.58.